The monoisotopic (exact) mass is 555 g/mol. The van der Waals surface area contributed by atoms with E-state index in [1.165, 1.54) is 12.1 Å². The second kappa shape index (κ2) is 12.0. The van der Waals surface area contributed by atoms with Crippen molar-refractivity contribution in [2.24, 2.45) is 5.73 Å². The number of nitro groups is 1. The summed E-state index contributed by atoms with van der Waals surface area (Å²) in [5.41, 5.74) is 9.49. The first-order chi connectivity index (χ1) is 19.8. The van der Waals surface area contributed by atoms with Crippen molar-refractivity contribution in [3.8, 4) is 0 Å². The maximum atomic E-state index is 13.6. The van der Waals surface area contributed by atoms with Crippen LogP contribution in [0.25, 0.3) is 10.9 Å². The molecule has 3 atom stereocenters. The number of carbonyl (C=O) groups excluding carboxylic acids is 3. The number of aromatic amines is 1. The van der Waals surface area contributed by atoms with Crippen LogP contribution in [0.15, 0.2) is 78.9 Å². The lowest BCUT2D eigenvalue weighted by atomic mass is 9.89. The number of H-pyrrole nitrogens is 1. The minimum atomic E-state index is -1.08. The van der Waals surface area contributed by atoms with E-state index in [0.29, 0.717) is 6.42 Å². The summed E-state index contributed by atoms with van der Waals surface area (Å²) in [7, 11) is 0. The Bertz CT molecular complexity index is 1580. The lowest BCUT2D eigenvalue weighted by molar-refractivity contribution is -0.384. The van der Waals surface area contributed by atoms with Gasteiger partial charge in [0, 0.05) is 35.2 Å². The number of non-ortho nitro benzene ring substituents is 1. The fourth-order valence-electron chi connectivity index (χ4n) is 5.09. The maximum absolute atomic E-state index is 13.6. The van der Waals surface area contributed by atoms with Crippen LogP contribution in [0.1, 0.15) is 41.3 Å². The molecule has 0 unspecified atom stereocenters. The van der Waals surface area contributed by atoms with Crippen LogP contribution < -0.4 is 16.4 Å². The first kappa shape index (κ1) is 27.5. The number of amides is 2. The van der Waals surface area contributed by atoms with E-state index < -0.39 is 40.8 Å². The number of primary amides is 1. The number of nitro benzene ring substituents is 1. The van der Waals surface area contributed by atoms with Crippen LogP contribution in [-0.4, -0.2) is 39.8 Å². The van der Waals surface area contributed by atoms with Gasteiger partial charge in [-0.05, 0) is 35.6 Å². The topological polar surface area (TPSA) is 169 Å². The van der Waals surface area contributed by atoms with Gasteiger partial charge in [0.15, 0.2) is 0 Å². The summed E-state index contributed by atoms with van der Waals surface area (Å²) in [4.78, 5) is 52.3. The van der Waals surface area contributed by atoms with Gasteiger partial charge in [-0.2, -0.15) is 0 Å². The number of carbonyl (C=O) groups is 3. The fourth-order valence-corrected chi connectivity index (χ4v) is 5.09. The zero-order valence-electron chi connectivity index (χ0n) is 22.0. The molecule has 3 aromatic carbocycles. The Hall–Kier alpha value is -5.03. The van der Waals surface area contributed by atoms with Crippen LogP contribution in [0.4, 0.5) is 5.69 Å². The molecule has 0 spiro atoms. The maximum Gasteiger partial charge on any atom is 0.328 e. The molecule has 0 aliphatic carbocycles. The molecule has 1 aliphatic rings. The van der Waals surface area contributed by atoms with E-state index >= 15 is 0 Å². The third-order valence-electron chi connectivity index (χ3n) is 7.17. The molecule has 0 radical (unpaired) electrons. The standard InChI is InChI=1S/C30H29N5O6/c31-26(36)15-14-24(30(38)41-17-18-6-2-1-3-7-18)34-29(37)25-16-22-21-8-4-5-9-23(21)32-28(22)27(33-25)19-10-12-20(13-11-19)35(39)40/h1-13,24-25,27,32-33H,14-17H2,(H2,31,36)(H,34,37)/t24-,25-,27+/m0/s1. The van der Waals surface area contributed by atoms with Crippen molar-refractivity contribution < 1.29 is 24.0 Å². The number of nitrogens with two attached hydrogens (primary N) is 1. The lowest BCUT2D eigenvalue weighted by Gasteiger charge is -2.32. The van der Waals surface area contributed by atoms with Crippen LogP contribution >= 0.6 is 0 Å². The van der Waals surface area contributed by atoms with Gasteiger partial charge >= 0.3 is 5.97 Å². The van der Waals surface area contributed by atoms with Crippen molar-refractivity contribution in [2.45, 2.75) is 44.0 Å². The average molecular weight is 556 g/mol. The quantitative estimate of drug-likeness (QED) is 0.132. The van der Waals surface area contributed by atoms with Crippen molar-refractivity contribution in [1.82, 2.24) is 15.6 Å². The molecule has 0 bridgehead atoms. The molecular formula is C30H29N5O6. The first-order valence-corrected chi connectivity index (χ1v) is 13.2. The summed E-state index contributed by atoms with van der Waals surface area (Å²) < 4.78 is 5.45. The number of nitrogens with one attached hydrogen (secondary N) is 3. The molecule has 1 aromatic heterocycles. The highest BCUT2D eigenvalue weighted by Gasteiger charge is 2.36. The summed E-state index contributed by atoms with van der Waals surface area (Å²) in [6, 6.07) is 20.7. The fraction of sp³-hybridized carbons (Fsp3) is 0.233. The Morgan fingerprint density at radius 3 is 2.44 bits per heavy atom. The summed E-state index contributed by atoms with van der Waals surface area (Å²) in [5.74, 6) is -1.71. The third-order valence-corrected chi connectivity index (χ3v) is 7.17. The molecule has 0 fully saturated rings. The number of benzene rings is 3. The normalized spacial score (nSPS) is 16.9. The summed E-state index contributed by atoms with van der Waals surface area (Å²) in [5, 5.41) is 18.3. The van der Waals surface area contributed by atoms with E-state index in [0.717, 1.165) is 33.3 Å². The number of para-hydroxylation sites is 1. The van der Waals surface area contributed by atoms with Gasteiger partial charge in [-0.3, -0.25) is 25.0 Å². The van der Waals surface area contributed by atoms with E-state index in [9.17, 15) is 24.5 Å². The van der Waals surface area contributed by atoms with Gasteiger partial charge in [-0.1, -0.05) is 60.7 Å². The Kier molecular flexibility index (Phi) is 8.06. The Morgan fingerprint density at radius 1 is 1.02 bits per heavy atom. The minimum absolute atomic E-state index is 0.00840. The van der Waals surface area contributed by atoms with Gasteiger partial charge in [0.2, 0.25) is 11.8 Å². The van der Waals surface area contributed by atoms with Gasteiger partial charge < -0.3 is 20.8 Å². The number of nitrogens with zero attached hydrogens (tertiary/aromatic N) is 1. The van der Waals surface area contributed by atoms with Crippen molar-refractivity contribution in [3.63, 3.8) is 0 Å². The second-order valence-corrected chi connectivity index (χ2v) is 9.93. The Balaban J connectivity index is 1.39. The van der Waals surface area contributed by atoms with Crippen molar-refractivity contribution in [1.29, 1.82) is 0 Å². The number of hydrogen-bond acceptors (Lipinski definition) is 7. The zero-order valence-corrected chi connectivity index (χ0v) is 22.0. The molecule has 5 N–H and O–H groups in total. The van der Waals surface area contributed by atoms with E-state index in [1.807, 2.05) is 54.6 Å². The van der Waals surface area contributed by atoms with Gasteiger partial charge in [-0.25, -0.2) is 4.79 Å². The molecular weight excluding hydrogens is 526 g/mol. The molecule has 2 heterocycles. The molecule has 0 saturated heterocycles. The molecule has 4 aromatic rings. The number of esters is 1. The van der Waals surface area contributed by atoms with E-state index in [-0.39, 0.29) is 25.1 Å². The van der Waals surface area contributed by atoms with Crippen LogP contribution in [-0.2, 0) is 32.1 Å². The van der Waals surface area contributed by atoms with Crippen LogP contribution in [0, 0.1) is 10.1 Å². The molecule has 11 heteroatoms. The Labute approximate surface area is 235 Å². The number of aromatic nitrogens is 1. The molecule has 5 rings (SSSR count). The highest BCUT2D eigenvalue weighted by molar-refractivity contribution is 5.91. The van der Waals surface area contributed by atoms with Crippen LogP contribution in [0.5, 0.6) is 0 Å². The SMILES string of the molecule is NC(=O)CC[C@H](NC(=O)[C@@H]1Cc2c([nH]c3ccccc23)[C@@H](c2ccc([N+](=O)[O-])cc2)N1)C(=O)OCc1ccccc1. The van der Waals surface area contributed by atoms with Gasteiger partial charge in [0.05, 0.1) is 17.0 Å². The molecule has 11 nitrogen and oxygen atoms in total. The molecule has 210 valence electrons. The van der Waals surface area contributed by atoms with E-state index in [4.69, 9.17) is 10.5 Å². The zero-order chi connectivity index (χ0) is 28.9. The van der Waals surface area contributed by atoms with Crippen LogP contribution in [0.3, 0.4) is 0 Å². The van der Waals surface area contributed by atoms with Crippen molar-refractivity contribution in [3.05, 3.63) is 111 Å². The van der Waals surface area contributed by atoms with Crippen molar-refractivity contribution >= 4 is 34.4 Å². The van der Waals surface area contributed by atoms with Gasteiger partial charge in [-0.15, -0.1) is 0 Å². The predicted molar refractivity (Wildman–Crippen MR) is 150 cm³/mol. The molecule has 2 amide bonds. The summed E-state index contributed by atoms with van der Waals surface area (Å²) in [6.45, 7) is 0.0191. The van der Waals surface area contributed by atoms with Crippen LogP contribution in [0.2, 0.25) is 0 Å². The average Bonchev–Trinajstić information content (AvgIpc) is 3.36. The predicted octanol–water partition coefficient (Wildman–Crippen LogP) is 3.17. The van der Waals surface area contributed by atoms with Gasteiger partial charge in [0.25, 0.3) is 5.69 Å². The van der Waals surface area contributed by atoms with Crippen molar-refractivity contribution in [2.75, 3.05) is 0 Å². The highest BCUT2D eigenvalue weighted by atomic mass is 16.6. The third kappa shape index (κ3) is 6.25. The summed E-state index contributed by atoms with van der Waals surface area (Å²) in [6.07, 6.45) is 0.212. The molecule has 41 heavy (non-hydrogen) atoms. The molecule has 1 aliphatic heterocycles. The van der Waals surface area contributed by atoms with Gasteiger partial charge in [0.1, 0.15) is 12.6 Å². The number of hydrogen-bond donors (Lipinski definition) is 4. The summed E-state index contributed by atoms with van der Waals surface area (Å²) >= 11 is 0. The van der Waals surface area contributed by atoms with E-state index in [2.05, 4.69) is 15.6 Å². The number of fused-ring (bicyclic) bond motifs is 3. The highest BCUT2D eigenvalue weighted by Crippen LogP contribution is 2.35. The number of ether oxygens (including phenoxy) is 1. The second-order valence-electron chi connectivity index (χ2n) is 9.93. The first-order valence-electron chi connectivity index (χ1n) is 13.2. The number of rotatable bonds is 10. The lowest BCUT2D eigenvalue weighted by Crippen LogP contribution is -2.54. The van der Waals surface area contributed by atoms with E-state index in [1.54, 1.807) is 12.1 Å². The Morgan fingerprint density at radius 2 is 1.73 bits per heavy atom. The smallest absolute Gasteiger partial charge is 0.328 e. The minimum Gasteiger partial charge on any atom is -0.459 e. The largest absolute Gasteiger partial charge is 0.459 e. The molecule has 0 saturated carbocycles.